The number of carbonyl (C=O) groups is 1. The number of amides is 1. The molecule has 1 amide bonds. The molecule has 0 spiro atoms. The first-order valence-corrected chi connectivity index (χ1v) is 10.2. The molecule has 0 atom stereocenters. The Balaban J connectivity index is 1.55. The number of rotatable bonds is 7. The van der Waals surface area contributed by atoms with Gasteiger partial charge in [-0.2, -0.15) is 5.10 Å². The summed E-state index contributed by atoms with van der Waals surface area (Å²) in [6, 6.07) is 13.1. The topological polar surface area (TPSA) is 123 Å². The molecule has 0 aliphatic heterocycles. The zero-order valence-electron chi connectivity index (χ0n) is 14.8. The van der Waals surface area contributed by atoms with Crippen LogP contribution in [0.15, 0.2) is 58.9 Å². The van der Waals surface area contributed by atoms with E-state index in [1.165, 1.54) is 16.4 Å². The van der Waals surface area contributed by atoms with Crippen molar-refractivity contribution in [2.45, 2.75) is 12.1 Å². The van der Waals surface area contributed by atoms with Crippen molar-refractivity contribution in [1.29, 1.82) is 0 Å². The molecule has 28 heavy (non-hydrogen) atoms. The van der Waals surface area contributed by atoms with Gasteiger partial charge in [0.2, 0.25) is 11.1 Å². The van der Waals surface area contributed by atoms with Crippen molar-refractivity contribution >= 4 is 57.6 Å². The van der Waals surface area contributed by atoms with Crippen molar-refractivity contribution in [3.63, 3.8) is 0 Å². The minimum atomic E-state index is -0.160. The van der Waals surface area contributed by atoms with Gasteiger partial charge in [-0.05, 0) is 65.9 Å². The molecule has 144 valence electrons. The summed E-state index contributed by atoms with van der Waals surface area (Å²) >= 11 is 3.39. The first-order valence-electron chi connectivity index (χ1n) is 8.13. The van der Waals surface area contributed by atoms with Crippen LogP contribution in [-0.4, -0.2) is 37.2 Å². The van der Waals surface area contributed by atoms with Gasteiger partial charge in [-0.15, -0.1) is 10.2 Å². The number of benzene rings is 1. The van der Waals surface area contributed by atoms with Gasteiger partial charge in [-0.1, -0.05) is 17.8 Å². The summed E-state index contributed by atoms with van der Waals surface area (Å²) < 4.78 is 2.35. The highest BCUT2D eigenvalue weighted by Crippen LogP contribution is 2.18. The van der Waals surface area contributed by atoms with Gasteiger partial charge in [0, 0.05) is 15.5 Å². The van der Waals surface area contributed by atoms with Crippen LogP contribution in [0.5, 0.6) is 0 Å². The lowest BCUT2D eigenvalue weighted by Gasteiger charge is -2.06. The molecular formula is C17H17IN8OS. The van der Waals surface area contributed by atoms with E-state index in [-0.39, 0.29) is 17.6 Å². The van der Waals surface area contributed by atoms with Crippen LogP contribution in [0.1, 0.15) is 12.6 Å². The van der Waals surface area contributed by atoms with E-state index in [9.17, 15) is 4.79 Å². The molecule has 3 aromatic rings. The molecule has 1 aromatic carbocycles. The van der Waals surface area contributed by atoms with Crippen LogP contribution in [0.2, 0.25) is 0 Å². The highest BCUT2D eigenvalue weighted by atomic mass is 127. The molecular weight excluding hydrogens is 491 g/mol. The van der Waals surface area contributed by atoms with Crippen molar-refractivity contribution in [3.05, 3.63) is 57.9 Å². The third-order valence-electron chi connectivity index (χ3n) is 3.48. The summed E-state index contributed by atoms with van der Waals surface area (Å²) in [6.45, 7) is 1.82. The molecule has 2 heterocycles. The molecule has 9 nitrogen and oxygen atoms in total. The number of hydrogen-bond acceptors (Lipinski definition) is 8. The predicted molar refractivity (Wildman–Crippen MR) is 119 cm³/mol. The third kappa shape index (κ3) is 5.42. The van der Waals surface area contributed by atoms with Crippen molar-refractivity contribution in [3.8, 4) is 0 Å². The Kier molecular flexibility index (Phi) is 6.81. The van der Waals surface area contributed by atoms with Crippen molar-refractivity contribution in [2.75, 3.05) is 22.3 Å². The van der Waals surface area contributed by atoms with E-state index in [4.69, 9.17) is 5.84 Å². The Labute approximate surface area is 179 Å². The van der Waals surface area contributed by atoms with E-state index in [1.54, 1.807) is 6.20 Å². The molecule has 2 aromatic heterocycles. The number of hydrazone groups is 1. The van der Waals surface area contributed by atoms with E-state index < -0.39 is 0 Å². The van der Waals surface area contributed by atoms with E-state index in [0.29, 0.717) is 10.9 Å². The quantitative estimate of drug-likeness (QED) is 0.147. The minimum Gasteiger partial charge on any atom is -0.334 e. The zero-order valence-corrected chi connectivity index (χ0v) is 17.8. The van der Waals surface area contributed by atoms with E-state index >= 15 is 0 Å². The van der Waals surface area contributed by atoms with Crippen LogP contribution < -0.4 is 16.6 Å². The van der Waals surface area contributed by atoms with Crippen LogP contribution in [0.3, 0.4) is 0 Å². The number of nitrogens with two attached hydrogens (primary N) is 1. The molecule has 0 radical (unpaired) electrons. The number of hydrogen-bond donors (Lipinski definition) is 3. The maximum Gasteiger partial charge on any atom is 0.264 e. The molecule has 0 aliphatic carbocycles. The number of aromatic nitrogens is 4. The molecule has 0 unspecified atom stereocenters. The van der Waals surface area contributed by atoms with Crippen molar-refractivity contribution in [2.24, 2.45) is 5.10 Å². The molecule has 0 bridgehead atoms. The highest BCUT2D eigenvalue weighted by molar-refractivity contribution is 14.1. The monoisotopic (exact) mass is 508 g/mol. The van der Waals surface area contributed by atoms with Gasteiger partial charge in [-0.25, -0.2) is 10.1 Å². The lowest BCUT2D eigenvalue weighted by atomic mass is 10.3. The number of pyridine rings is 1. The molecule has 11 heteroatoms. The van der Waals surface area contributed by atoms with Crippen molar-refractivity contribution < 1.29 is 4.79 Å². The molecule has 4 N–H and O–H groups in total. The average Bonchev–Trinajstić information content (AvgIpc) is 3.06. The van der Waals surface area contributed by atoms with Crippen LogP contribution in [0.25, 0.3) is 0 Å². The molecule has 0 aliphatic rings. The highest BCUT2D eigenvalue weighted by Gasteiger charge is 2.12. The number of halogens is 1. The number of nitrogen functional groups attached to an aromatic ring is 1. The largest absolute Gasteiger partial charge is 0.334 e. The maximum absolute atomic E-state index is 12.1. The minimum absolute atomic E-state index is 0.150. The van der Waals surface area contributed by atoms with Gasteiger partial charge in [0.25, 0.3) is 5.95 Å². The number of nitrogens with zero attached hydrogens (tertiary/aromatic N) is 5. The predicted octanol–water partition coefficient (Wildman–Crippen LogP) is 2.56. The first kappa shape index (κ1) is 20.1. The Morgan fingerprint density at radius 2 is 2.04 bits per heavy atom. The first-order chi connectivity index (χ1) is 13.5. The Hall–Kier alpha value is -2.67. The van der Waals surface area contributed by atoms with Gasteiger partial charge in [0.1, 0.15) is 0 Å². The van der Waals surface area contributed by atoms with Gasteiger partial charge in [0.15, 0.2) is 0 Å². The molecule has 0 saturated carbocycles. The lowest BCUT2D eigenvalue weighted by molar-refractivity contribution is -0.113. The molecule has 0 saturated heterocycles. The standard InChI is InChI=1S/C17H17IN8OS/c1-11(14-4-2-3-9-20-14)22-23-16-24-25-17(26(16)19)28-10-15(27)21-13-7-5-12(18)6-8-13/h2-9H,10,19H2,1H3,(H,21,27)(H,23,24)/b22-11+. The van der Waals surface area contributed by atoms with Gasteiger partial charge < -0.3 is 11.2 Å². The van der Waals surface area contributed by atoms with Crippen LogP contribution >= 0.6 is 34.4 Å². The maximum atomic E-state index is 12.1. The summed E-state index contributed by atoms with van der Waals surface area (Å²) in [5, 5.41) is 15.3. The Morgan fingerprint density at radius 1 is 1.25 bits per heavy atom. The SMILES string of the molecule is C/C(=N\Nc1nnc(SCC(=O)Nc2ccc(I)cc2)n1N)c1ccccn1. The summed E-state index contributed by atoms with van der Waals surface area (Å²) in [6.07, 6.45) is 1.69. The van der Waals surface area contributed by atoms with Gasteiger partial charge >= 0.3 is 0 Å². The van der Waals surface area contributed by atoms with Gasteiger partial charge in [-0.3, -0.25) is 9.78 Å². The second-order valence-corrected chi connectivity index (χ2v) is 7.73. The van der Waals surface area contributed by atoms with E-state index in [0.717, 1.165) is 15.0 Å². The van der Waals surface area contributed by atoms with E-state index in [2.05, 4.69) is 53.6 Å². The fourth-order valence-electron chi connectivity index (χ4n) is 2.08. The van der Waals surface area contributed by atoms with Crippen LogP contribution in [-0.2, 0) is 4.79 Å². The average molecular weight is 508 g/mol. The summed E-state index contributed by atoms with van der Waals surface area (Å²) in [7, 11) is 0. The molecule has 3 rings (SSSR count). The second kappa shape index (κ2) is 9.50. The number of carbonyl (C=O) groups excluding carboxylic acids is 1. The Morgan fingerprint density at radius 3 is 2.75 bits per heavy atom. The Bertz CT molecular complexity index is 975. The fraction of sp³-hybridized carbons (Fsp3) is 0.118. The second-order valence-electron chi connectivity index (χ2n) is 5.54. The summed E-state index contributed by atoms with van der Waals surface area (Å²) in [4.78, 5) is 16.3. The van der Waals surface area contributed by atoms with Crippen molar-refractivity contribution in [1.82, 2.24) is 19.9 Å². The normalized spacial score (nSPS) is 11.3. The van der Waals surface area contributed by atoms with Gasteiger partial charge in [0.05, 0.1) is 17.2 Å². The summed E-state index contributed by atoms with van der Waals surface area (Å²) in [5.41, 5.74) is 4.91. The van der Waals surface area contributed by atoms with E-state index in [1.807, 2.05) is 49.4 Å². The smallest absolute Gasteiger partial charge is 0.264 e. The van der Waals surface area contributed by atoms with Crippen LogP contribution in [0.4, 0.5) is 11.6 Å². The van der Waals surface area contributed by atoms with Crippen LogP contribution in [0, 0.1) is 3.57 Å². The lowest BCUT2D eigenvalue weighted by Crippen LogP contribution is -2.17. The number of anilines is 2. The summed E-state index contributed by atoms with van der Waals surface area (Å²) in [5.74, 6) is 6.23. The zero-order chi connectivity index (χ0) is 19.9. The third-order valence-corrected chi connectivity index (χ3v) is 5.15. The molecule has 0 fully saturated rings. The fourth-order valence-corrected chi connectivity index (χ4v) is 3.10. The number of nitrogens with one attached hydrogen (secondary N) is 2. The number of thioether (sulfide) groups is 1.